The molecule has 0 aromatic rings. The first-order valence-corrected chi connectivity index (χ1v) is 10.1. The van der Waals surface area contributed by atoms with E-state index in [1.807, 2.05) is 0 Å². The monoisotopic (exact) mass is 346 g/mol. The van der Waals surface area contributed by atoms with Crippen LogP contribution in [0.25, 0.3) is 0 Å². The van der Waals surface area contributed by atoms with Gasteiger partial charge in [0.15, 0.2) is 0 Å². The molecule has 0 aromatic carbocycles. The van der Waals surface area contributed by atoms with Gasteiger partial charge in [0.1, 0.15) is 0 Å². The van der Waals surface area contributed by atoms with Crippen LogP contribution >= 0.6 is 0 Å². The highest BCUT2D eigenvalue weighted by Crippen LogP contribution is 2.72. The first-order chi connectivity index (χ1) is 11.7. The molecular formula is C22H34O3. The maximum Gasteiger partial charge on any atom is 0.333 e. The molecule has 3 nitrogen and oxygen atoms in total. The zero-order valence-electron chi connectivity index (χ0n) is 16.5. The van der Waals surface area contributed by atoms with E-state index in [0.29, 0.717) is 11.8 Å². The molecule has 3 saturated carbocycles. The molecule has 0 unspecified atom stereocenters. The summed E-state index contributed by atoms with van der Waals surface area (Å²) in [6, 6.07) is 0. The number of aliphatic hydroxyl groups is 1. The number of hydrogen-bond donors (Lipinski definition) is 1. The smallest absolute Gasteiger partial charge is 0.333 e. The zero-order chi connectivity index (χ0) is 18.2. The van der Waals surface area contributed by atoms with Crippen molar-refractivity contribution in [3.63, 3.8) is 0 Å². The van der Waals surface area contributed by atoms with E-state index in [0.717, 1.165) is 30.3 Å². The summed E-state index contributed by atoms with van der Waals surface area (Å²) in [6.07, 6.45) is 8.69. The lowest BCUT2D eigenvalue weighted by molar-refractivity contribution is -0.181. The predicted octanol–water partition coefficient (Wildman–Crippen LogP) is 4.35. The SMILES string of the molecule is COC(=O)C1=CC[C@]2(C)[C@H]3CC[C@@H]4C[C@@]3(C[C@H]4C)[C@@H](O)C[C@H]2C1(C)C. The van der Waals surface area contributed by atoms with E-state index < -0.39 is 0 Å². The highest BCUT2D eigenvalue weighted by Gasteiger charge is 2.67. The lowest BCUT2D eigenvalue weighted by atomic mass is 9.40. The van der Waals surface area contributed by atoms with E-state index in [1.165, 1.54) is 32.8 Å². The van der Waals surface area contributed by atoms with E-state index in [9.17, 15) is 9.90 Å². The Balaban J connectivity index is 1.78. The molecule has 3 fully saturated rings. The minimum absolute atomic E-state index is 0.125. The second-order valence-corrected chi connectivity index (χ2v) is 10.4. The molecule has 0 aromatic heterocycles. The van der Waals surface area contributed by atoms with Crippen LogP contribution in [0.3, 0.4) is 0 Å². The number of carbonyl (C=O) groups is 1. The molecule has 0 heterocycles. The van der Waals surface area contributed by atoms with E-state index in [1.54, 1.807) is 0 Å². The summed E-state index contributed by atoms with van der Waals surface area (Å²) in [7, 11) is 1.47. The van der Waals surface area contributed by atoms with E-state index in [4.69, 9.17) is 4.74 Å². The van der Waals surface area contributed by atoms with Crippen LogP contribution in [0.15, 0.2) is 11.6 Å². The molecule has 0 amide bonds. The largest absolute Gasteiger partial charge is 0.466 e. The Hall–Kier alpha value is -0.830. The normalized spacial score (nSPS) is 50.5. The highest BCUT2D eigenvalue weighted by atomic mass is 16.5. The number of ether oxygens (including phenoxy) is 1. The zero-order valence-corrected chi connectivity index (χ0v) is 16.5. The lowest BCUT2D eigenvalue weighted by Gasteiger charge is -2.64. The number of aliphatic hydroxyl groups excluding tert-OH is 1. The molecule has 7 atom stereocenters. The van der Waals surface area contributed by atoms with Gasteiger partial charge in [0.25, 0.3) is 0 Å². The number of methoxy groups -OCH3 is 1. The van der Waals surface area contributed by atoms with Crippen LogP contribution in [0.5, 0.6) is 0 Å². The second kappa shape index (κ2) is 5.34. The summed E-state index contributed by atoms with van der Waals surface area (Å²) < 4.78 is 5.06. The van der Waals surface area contributed by atoms with Gasteiger partial charge in [-0.25, -0.2) is 4.79 Å². The van der Waals surface area contributed by atoms with Gasteiger partial charge in [0, 0.05) is 11.0 Å². The highest BCUT2D eigenvalue weighted by molar-refractivity contribution is 5.90. The fourth-order valence-corrected chi connectivity index (χ4v) is 7.97. The van der Waals surface area contributed by atoms with Crippen molar-refractivity contribution in [3.8, 4) is 0 Å². The van der Waals surface area contributed by atoms with Crippen LogP contribution in [0.4, 0.5) is 0 Å². The average Bonchev–Trinajstić information content (AvgIpc) is 2.80. The molecule has 140 valence electrons. The maximum absolute atomic E-state index is 12.3. The quantitative estimate of drug-likeness (QED) is 0.718. The number of allylic oxidation sites excluding steroid dienone is 1. The van der Waals surface area contributed by atoms with Gasteiger partial charge < -0.3 is 9.84 Å². The molecule has 4 rings (SSSR count). The molecule has 2 bridgehead atoms. The summed E-state index contributed by atoms with van der Waals surface area (Å²) >= 11 is 0. The molecule has 3 heteroatoms. The number of esters is 1. The molecule has 1 N–H and O–H groups in total. The Morgan fingerprint density at radius 2 is 1.92 bits per heavy atom. The fraction of sp³-hybridized carbons (Fsp3) is 0.864. The van der Waals surface area contributed by atoms with Crippen molar-refractivity contribution in [2.24, 2.45) is 39.9 Å². The summed E-state index contributed by atoms with van der Waals surface area (Å²) in [4.78, 5) is 12.3. The molecule has 4 aliphatic carbocycles. The van der Waals surface area contributed by atoms with Crippen molar-refractivity contribution in [1.29, 1.82) is 0 Å². The second-order valence-electron chi connectivity index (χ2n) is 10.4. The van der Waals surface area contributed by atoms with Crippen molar-refractivity contribution < 1.29 is 14.6 Å². The van der Waals surface area contributed by atoms with Crippen molar-refractivity contribution in [2.75, 3.05) is 7.11 Å². The van der Waals surface area contributed by atoms with Crippen molar-refractivity contribution in [3.05, 3.63) is 11.6 Å². The number of fused-ring (bicyclic) bond motifs is 3. The van der Waals surface area contributed by atoms with Crippen LogP contribution < -0.4 is 0 Å². The van der Waals surface area contributed by atoms with Gasteiger partial charge in [-0.05, 0) is 73.0 Å². The minimum Gasteiger partial charge on any atom is -0.466 e. The van der Waals surface area contributed by atoms with Crippen molar-refractivity contribution in [1.82, 2.24) is 0 Å². The first-order valence-electron chi connectivity index (χ1n) is 10.1. The van der Waals surface area contributed by atoms with E-state index in [-0.39, 0.29) is 28.3 Å². The predicted molar refractivity (Wildman–Crippen MR) is 97.8 cm³/mol. The van der Waals surface area contributed by atoms with Crippen molar-refractivity contribution >= 4 is 5.97 Å². The van der Waals surface area contributed by atoms with Gasteiger partial charge in [-0.1, -0.05) is 33.8 Å². The third kappa shape index (κ3) is 2.11. The van der Waals surface area contributed by atoms with Gasteiger partial charge >= 0.3 is 5.97 Å². The van der Waals surface area contributed by atoms with Gasteiger partial charge in [-0.15, -0.1) is 0 Å². The molecule has 1 spiro atoms. The third-order valence-electron chi connectivity index (χ3n) is 9.10. The van der Waals surface area contributed by atoms with Gasteiger partial charge in [0.05, 0.1) is 13.2 Å². The number of carbonyl (C=O) groups excluding carboxylic acids is 1. The van der Waals surface area contributed by atoms with Crippen LogP contribution in [0.2, 0.25) is 0 Å². The Bertz CT molecular complexity index is 617. The summed E-state index contributed by atoms with van der Waals surface area (Å²) in [6.45, 7) is 9.21. The molecule has 0 radical (unpaired) electrons. The fourth-order valence-electron chi connectivity index (χ4n) is 7.97. The third-order valence-corrected chi connectivity index (χ3v) is 9.10. The molecule has 0 aliphatic heterocycles. The van der Waals surface area contributed by atoms with Crippen LogP contribution in [0, 0.1) is 39.9 Å². The molecule has 25 heavy (non-hydrogen) atoms. The number of rotatable bonds is 1. The average molecular weight is 347 g/mol. The Morgan fingerprint density at radius 1 is 1.20 bits per heavy atom. The van der Waals surface area contributed by atoms with Crippen LogP contribution in [-0.4, -0.2) is 24.3 Å². The first kappa shape index (κ1) is 17.6. The molecule has 4 aliphatic rings. The van der Waals surface area contributed by atoms with E-state index >= 15 is 0 Å². The van der Waals surface area contributed by atoms with Crippen LogP contribution in [-0.2, 0) is 9.53 Å². The molecular weight excluding hydrogens is 312 g/mol. The van der Waals surface area contributed by atoms with Crippen LogP contribution in [0.1, 0.15) is 66.2 Å². The van der Waals surface area contributed by atoms with Gasteiger partial charge in [-0.3, -0.25) is 0 Å². The topological polar surface area (TPSA) is 46.5 Å². The summed E-state index contributed by atoms with van der Waals surface area (Å²) in [5, 5.41) is 11.3. The Kier molecular flexibility index (Phi) is 3.76. The van der Waals surface area contributed by atoms with Gasteiger partial charge in [0.2, 0.25) is 0 Å². The lowest BCUT2D eigenvalue weighted by Crippen LogP contribution is -2.61. The summed E-state index contributed by atoms with van der Waals surface area (Å²) in [5.74, 6) is 2.27. The minimum atomic E-state index is -0.246. The van der Waals surface area contributed by atoms with Crippen molar-refractivity contribution in [2.45, 2.75) is 72.3 Å². The standard InChI is InChI=1S/C22H34O3/c1-13-11-22-12-14(13)6-7-16(22)21(4)9-8-15(19(24)25-5)20(2,3)17(21)10-18(22)23/h8,13-14,16-18,23H,6-7,9-12H2,1-5H3/t13-,14-,16-,17+,18+,21-,22-/m1/s1. The Labute approximate surface area is 152 Å². The van der Waals surface area contributed by atoms with E-state index in [2.05, 4.69) is 33.8 Å². The molecule has 0 saturated heterocycles. The number of hydrogen-bond acceptors (Lipinski definition) is 3. The maximum atomic E-state index is 12.3. The Morgan fingerprint density at radius 3 is 2.60 bits per heavy atom. The van der Waals surface area contributed by atoms with Gasteiger partial charge in [-0.2, -0.15) is 0 Å². The summed E-state index contributed by atoms with van der Waals surface area (Å²) in [5.41, 5.74) is 0.869.